The van der Waals surface area contributed by atoms with Gasteiger partial charge in [-0.05, 0) is 55.5 Å². The van der Waals surface area contributed by atoms with Crippen molar-refractivity contribution in [3.8, 4) is 22.8 Å². The van der Waals surface area contributed by atoms with Crippen molar-refractivity contribution in [2.24, 2.45) is 0 Å². The maximum atomic E-state index is 12.4. The molecule has 0 spiro atoms. The average Bonchev–Trinajstić information content (AvgIpc) is 3.28. The summed E-state index contributed by atoms with van der Waals surface area (Å²) in [7, 11) is 0. The summed E-state index contributed by atoms with van der Waals surface area (Å²) in [6, 6.07) is 23.4. The van der Waals surface area contributed by atoms with Gasteiger partial charge in [-0.1, -0.05) is 53.7 Å². The number of rotatable bonds is 8. The zero-order valence-electron chi connectivity index (χ0n) is 18.3. The Hall–Kier alpha value is -3.62. The number of imide groups is 1. The fraction of sp³-hybridized carbons (Fsp3) is 0.120. The number of aromatic nitrogens is 3. The summed E-state index contributed by atoms with van der Waals surface area (Å²) in [6.07, 6.45) is 0. The molecule has 1 heterocycles. The van der Waals surface area contributed by atoms with E-state index in [9.17, 15) is 9.59 Å². The van der Waals surface area contributed by atoms with Crippen LogP contribution in [0.4, 0.5) is 0 Å². The Bertz CT molecular complexity index is 1290. The molecule has 34 heavy (non-hydrogen) atoms. The summed E-state index contributed by atoms with van der Waals surface area (Å²) in [6.45, 7) is 2.49. The normalized spacial score (nSPS) is 10.6. The van der Waals surface area contributed by atoms with E-state index in [1.165, 1.54) is 11.8 Å². The molecule has 0 aliphatic rings. The van der Waals surface area contributed by atoms with Crippen LogP contribution in [-0.4, -0.2) is 38.9 Å². The van der Waals surface area contributed by atoms with Crippen molar-refractivity contribution in [3.63, 3.8) is 0 Å². The number of carbonyl (C=O) groups excluding carboxylic acids is 2. The van der Waals surface area contributed by atoms with E-state index < -0.39 is 11.8 Å². The summed E-state index contributed by atoms with van der Waals surface area (Å²) >= 11 is 7.60. The van der Waals surface area contributed by atoms with Gasteiger partial charge >= 0.3 is 0 Å². The molecule has 1 N–H and O–H groups in total. The molecule has 0 fully saturated rings. The largest absolute Gasteiger partial charge is 0.494 e. The molecule has 7 nitrogen and oxygen atoms in total. The molecule has 3 aromatic carbocycles. The molecule has 0 aliphatic heterocycles. The number of hydrogen-bond acceptors (Lipinski definition) is 6. The number of ether oxygens (including phenoxy) is 1. The van der Waals surface area contributed by atoms with E-state index in [1.54, 1.807) is 36.4 Å². The van der Waals surface area contributed by atoms with Gasteiger partial charge in [0.05, 0.1) is 17.4 Å². The van der Waals surface area contributed by atoms with Crippen LogP contribution in [0.2, 0.25) is 5.02 Å². The fourth-order valence-electron chi connectivity index (χ4n) is 3.23. The molecular weight excluding hydrogens is 472 g/mol. The maximum Gasteiger partial charge on any atom is 0.257 e. The molecule has 0 unspecified atom stereocenters. The highest BCUT2D eigenvalue weighted by Crippen LogP contribution is 2.32. The summed E-state index contributed by atoms with van der Waals surface area (Å²) in [4.78, 5) is 24.7. The van der Waals surface area contributed by atoms with Crippen molar-refractivity contribution in [3.05, 3.63) is 89.4 Å². The lowest BCUT2D eigenvalue weighted by molar-refractivity contribution is -0.117. The molecule has 0 aliphatic carbocycles. The van der Waals surface area contributed by atoms with E-state index in [1.807, 2.05) is 54.0 Å². The fourth-order valence-corrected chi connectivity index (χ4v) is 4.20. The van der Waals surface area contributed by atoms with Crippen LogP contribution in [0.1, 0.15) is 17.3 Å². The number of benzene rings is 3. The Kier molecular flexibility index (Phi) is 7.61. The number of amides is 2. The van der Waals surface area contributed by atoms with E-state index in [0.29, 0.717) is 33.7 Å². The van der Waals surface area contributed by atoms with Crippen LogP contribution >= 0.6 is 23.4 Å². The number of hydrogen-bond donors (Lipinski definition) is 1. The number of halogens is 1. The molecule has 0 radical (unpaired) electrons. The van der Waals surface area contributed by atoms with Crippen LogP contribution < -0.4 is 10.1 Å². The van der Waals surface area contributed by atoms with Crippen molar-refractivity contribution in [1.29, 1.82) is 0 Å². The van der Waals surface area contributed by atoms with Crippen LogP contribution in [0.3, 0.4) is 0 Å². The first-order chi connectivity index (χ1) is 16.6. The van der Waals surface area contributed by atoms with E-state index in [-0.39, 0.29) is 5.75 Å². The van der Waals surface area contributed by atoms with Gasteiger partial charge in [0.15, 0.2) is 11.0 Å². The van der Waals surface area contributed by atoms with Gasteiger partial charge in [-0.2, -0.15) is 0 Å². The van der Waals surface area contributed by atoms with E-state index >= 15 is 0 Å². The molecule has 2 amide bonds. The molecule has 9 heteroatoms. The Labute approximate surface area is 206 Å². The molecule has 4 rings (SSSR count). The smallest absolute Gasteiger partial charge is 0.257 e. The summed E-state index contributed by atoms with van der Waals surface area (Å²) < 4.78 is 7.37. The lowest BCUT2D eigenvalue weighted by Crippen LogP contribution is -2.31. The van der Waals surface area contributed by atoms with Crippen molar-refractivity contribution >= 4 is 35.2 Å². The average molecular weight is 493 g/mol. The molecule has 0 saturated heterocycles. The van der Waals surface area contributed by atoms with Gasteiger partial charge in [-0.25, -0.2) is 0 Å². The predicted octanol–water partition coefficient (Wildman–Crippen LogP) is 5.04. The Morgan fingerprint density at radius 2 is 1.68 bits per heavy atom. The minimum Gasteiger partial charge on any atom is -0.494 e. The van der Waals surface area contributed by atoms with E-state index in [4.69, 9.17) is 16.3 Å². The third kappa shape index (κ3) is 5.47. The Morgan fingerprint density at radius 3 is 2.38 bits per heavy atom. The summed E-state index contributed by atoms with van der Waals surface area (Å²) in [5.41, 5.74) is 1.91. The van der Waals surface area contributed by atoms with Gasteiger partial charge < -0.3 is 4.74 Å². The minimum absolute atomic E-state index is 0.0176. The maximum absolute atomic E-state index is 12.4. The first kappa shape index (κ1) is 23.5. The van der Waals surface area contributed by atoms with Crippen LogP contribution in [0, 0.1) is 0 Å². The third-order valence-electron chi connectivity index (χ3n) is 4.78. The topological polar surface area (TPSA) is 86.1 Å². The lowest BCUT2D eigenvalue weighted by Gasteiger charge is -2.12. The Balaban J connectivity index is 1.59. The van der Waals surface area contributed by atoms with Gasteiger partial charge in [0, 0.05) is 16.8 Å². The first-order valence-corrected chi connectivity index (χ1v) is 11.9. The molecule has 0 atom stereocenters. The van der Waals surface area contributed by atoms with Crippen LogP contribution in [0.5, 0.6) is 5.75 Å². The van der Waals surface area contributed by atoms with Gasteiger partial charge in [0.2, 0.25) is 5.91 Å². The number of carbonyl (C=O) groups is 2. The van der Waals surface area contributed by atoms with E-state index in [0.717, 1.165) is 11.4 Å². The van der Waals surface area contributed by atoms with Gasteiger partial charge in [0.25, 0.3) is 5.91 Å². The van der Waals surface area contributed by atoms with Crippen molar-refractivity contribution in [2.75, 3.05) is 12.4 Å². The highest BCUT2D eigenvalue weighted by Gasteiger charge is 2.19. The molecule has 172 valence electrons. The third-order valence-corrected chi connectivity index (χ3v) is 6.03. The zero-order chi connectivity index (χ0) is 23.9. The van der Waals surface area contributed by atoms with Gasteiger partial charge in [-0.15, -0.1) is 10.2 Å². The molecule has 0 bridgehead atoms. The summed E-state index contributed by atoms with van der Waals surface area (Å²) in [5, 5.41) is 12.1. The SMILES string of the molecule is CCOc1ccc(-n2c(SCC(=O)NC(=O)c3ccccc3)nnc2-c2ccccc2Cl)cc1. The highest BCUT2D eigenvalue weighted by atomic mass is 35.5. The van der Waals surface area contributed by atoms with Crippen molar-refractivity contribution < 1.29 is 14.3 Å². The van der Waals surface area contributed by atoms with Crippen LogP contribution in [-0.2, 0) is 4.79 Å². The van der Waals surface area contributed by atoms with Gasteiger partial charge in [0.1, 0.15) is 5.75 Å². The van der Waals surface area contributed by atoms with E-state index in [2.05, 4.69) is 15.5 Å². The molecule has 0 saturated carbocycles. The zero-order valence-corrected chi connectivity index (χ0v) is 19.8. The van der Waals surface area contributed by atoms with Crippen LogP contribution in [0.25, 0.3) is 17.1 Å². The predicted molar refractivity (Wildman–Crippen MR) is 133 cm³/mol. The molecule has 4 aromatic rings. The molecular formula is C25H21ClN4O3S. The van der Waals surface area contributed by atoms with Crippen molar-refractivity contribution in [2.45, 2.75) is 12.1 Å². The second-order valence-corrected chi connectivity index (χ2v) is 8.43. The minimum atomic E-state index is -0.448. The number of nitrogens with one attached hydrogen (secondary N) is 1. The monoisotopic (exact) mass is 492 g/mol. The highest BCUT2D eigenvalue weighted by molar-refractivity contribution is 7.99. The van der Waals surface area contributed by atoms with Gasteiger partial charge in [-0.3, -0.25) is 19.5 Å². The second kappa shape index (κ2) is 11.0. The van der Waals surface area contributed by atoms with Crippen molar-refractivity contribution in [1.82, 2.24) is 20.1 Å². The quantitative estimate of drug-likeness (QED) is 0.347. The summed E-state index contributed by atoms with van der Waals surface area (Å²) in [5.74, 6) is 0.385. The standard InChI is InChI=1S/C25H21ClN4O3S/c1-2-33-19-14-12-18(13-15-19)30-23(20-10-6-7-11-21(20)26)28-29-25(30)34-16-22(31)27-24(32)17-8-4-3-5-9-17/h3-15H,2,16H2,1H3,(H,27,31,32). The Morgan fingerprint density at radius 1 is 0.971 bits per heavy atom. The first-order valence-electron chi connectivity index (χ1n) is 10.5. The second-order valence-electron chi connectivity index (χ2n) is 7.08. The lowest BCUT2D eigenvalue weighted by atomic mass is 10.2. The number of nitrogens with zero attached hydrogens (tertiary/aromatic N) is 3. The number of thioether (sulfide) groups is 1. The molecule has 1 aromatic heterocycles. The van der Waals surface area contributed by atoms with Crippen LogP contribution in [0.15, 0.2) is 84.0 Å².